The Morgan fingerprint density at radius 2 is 2.19 bits per heavy atom. The van der Waals surface area contributed by atoms with E-state index >= 15 is 0 Å². The number of carbonyl (C=O) groups excluding carboxylic acids is 1. The first kappa shape index (κ1) is 11.2. The van der Waals surface area contributed by atoms with Crippen LogP contribution in [0.5, 0.6) is 0 Å². The van der Waals surface area contributed by atoms with Gasteiger partial charge in [-0.25, -0.2) is 0 Å². The lowest BCUT2D eigenvalue weighted by Gasteiger charge is -2.16. The van der Waals surface area contributed by atoms with Crippen molar-refractivity contribution in [2.75, 3.05) is 0 Å². The molecule has 2 rings (SSSR count). The minimum atomic E-state index is 0.177. The molecule has 0 amide bonds. The molecule has 2 nitrogen and oxygen atoms in total. The van der Waals surface area contributed by atoms with Crippen LogP contribution in [0.1, 0.15) is 31.4 Å². The molecule has 0 aromatic heterocycles. The topological polar surface area (TPSA) is 29.1 Å². The molecule has 0 radical (unpaired) electrons. The highest BCUT2D eigenvalue weighted by molar-refractivity contribution is 6.30. The second-order valence-electron chi connectivity index (χ2n) is 4.06. The summed E-state index contributed by atoms with van der Waals surface area (Å²) in [6.45, 7) is 2.06. The van der Waals surface area contributed by atoms with E-state index in [-0.39, 0.29) is 11.8 Å². The summed E-state index contributed by atoms with van der Waals surface area (Å²) in [6.07, 6.45) is 3.15. The first-order chi connectivity index (χ1) is 7.65. The highest BCUT2D eigenvalue weighted by Gasteiger charge is 2.14. The van der Waals surface area contributed by atoms with E-state index in [1.807, 2.05) is 24.3 Å². The van der Waals surface area contributed by atoms with Crippen molar-refractivity contribution in [1.29, 1.82) is 0 Å². The SMILES string of the molecule is CC(NC1=CC(=O)CC1)c1cccc(Cl)c1. The van der Waals surface area contributed by atoms with Gasteiger partial charge >= 0.3 is 0 Å². The maximum Gasteiger partial charge on any atom is 0.157 e. The fourth-order valence-corrected chi connectivity index (χ4v) is 2.05. The van der Waals surface area contributed by atoms with E-state index in [0.717, 1.165) is 22.7 Å². The van der Waals surface area contributed by atoms with Gasteiger partial charge in [0.15, 0.2) is 5.78 Å². The van der Waals surface area contributed by atoms with Crippen molar-refractivity contribution in [2.45, 2.75) is 25.8 Å². The Morgan fingerprint density at radius 3 is 2.81 bits per heavy atom. The molecule has 1 aliphatic rings. The van der Waals surface area contributed by atoms with Gasteiger partial charge in [0.1, 0.15) is 0 Å². The third-order valence-electron chi connectivity index (χ3n) is 2.73. The van der Waals surface area contributed by atoms with Crippen molar-refractivity contribution in [3.05, 3.63) is 46.6 Å². The molecule has 0 spiro atoms. The number of ketones is 1. The summed E-state index contributed by atoms with van der Waals surface area (Å²) in [5, 5.41) is 4.07. The van der Waals surface area contributed by atoms with Crippen LogP contribution in [-0.4, -0.2) is 5.78 Å². The van der Waals surface area contributed by atoms with Gasteiger partial charge in [0.2, 0.25) is 0 Å². The first-order valence-corrected chi connectivity index (χ1v) is 5.78. The van der Waals surface area contributed by atoms with E-state index in [1.165, 1.54) is 0 Å². The molecule has 84 valence electrons. The zero-order valence-electron chi connectivity index (χ0n) is 9.16. The van der Waals surface area contributed by atoms with E-state index in [0.29, 0.717) is 6.42 Å². The van der Waals surface area contributed by atoms with E-state index in [2.05, 4.69) is 12.2 Å². The number of nitrogens with one attached hydrogen (secondary N) is 1. The molecular weight excluding hydrogens is 222 g/mol. The summed E-state index contributed by atoms with van der Waals surface area (Å²) in [7, 11) is 0. The van der Waals surface area contributed by atoms with Crippen LogP contribution in [-0.2, 0) is 4.79 Å². The van der Waals surface area contributed by atoms with Crippen molar-refractivity contribution in [3.8, 4) is 0 Å². The van der Waals surface area contributed by atoms with Gasteiger partial charge in [-0.3, -0.25) is 4.79 Å². The Balaban J connectivity index is 2.06. The lowest BCUT2D eigenvalue weighted by Crippen LogP contribution is -2.16. The summed E-state index contributed by atoms with van der Waals surface area (Å²) in [5.74, 6) is 0.209. The summed E-state index contributed by atoms with van der Waals surface area (Å²) < 4.78 is 0. The molecule has 0 fully saturated rings. The second-order valence-corrected chi connectivity index (χ2v) is 4.49. The van der Waals surface area contributed by atoms with Gasteiger partial charge in [-0.2, -0.15) is 0 Å². The van der Waals surface area contributed by atoms with Crippen molar-refractivity contribution in [2.24, 2.45) is 0 Å². The maximum absolute atomic E-state index is 11.1. The monoisotopic (exact) mass is 235 g/mol. The molecular formula is C13H14ClNO. The minimum Gasteiger partial charge on any atom is -0.382 e. The van der Waals surface area contributed by atoms with Crippen molar-refractivity contribution >= 4 is 17.4 Å². The predicted molar refractivity (Wildman–Crippen MR) is 65.3 cm³/mol. The zero-order valence-corrected chi connectivity index (χ0v) is 9.92. The highest BCUT2D eigenvalue weighted by atomic mass is 35.5. The van der Waals surface area contributed by atoms with Gasteiger partial charge < -0.3 is 5.32 Å². The molecule has 1 N–H and O–H groups in total. The number of allylic oxidation sites excluding steroid dienone is 2. The van der Waals surface area contributed by atoms with Gasteiger partial charge in [0, 0.05) is 29.3 Å². The average molecular weight is 236 g/mol. The lowest BCUT2D eigenvalue weighted by atomic mass is 10.1. The van der Waals surface area contributed by atoms with Crippen LogP contribution in [0.3, 0.4) is 0 Å². The average Bonchev–Trinajstić information content (AvgIpc) is 2.64. The molecule has 1 aromatic rings. The Bertz CT molecular complexity index is 439. The molecule has 1 unspecified atom stereocenters. The predicted octanol–water partition coefficient (Wildman–Crippen LogP) is 3.24. The quantitative estimate of drug-likeness (QED) is 0.872. The standard InChI is InChI=1S/C13H14ClNO/c1-9(10-3-2-4-11(14)7-10)15-12-5-6-13(16)8-12/h2-4,7-9,15H,5-6H2,1H3. The van der Waals surface area contributed by atoms with Crippen LogP contribution in [0.25, 0.3) is 0 Å². The second kappa shape index (κ2) is 4.71. The van der Waals surface area contributed by atoms with Crippen molar-refractivity contribution in [1.82, 2.24) is 5.32 Å². The maximum atomic E-state index is 11.1. The fourth-order valence-electron chi connectivity index (χ4n) is 1.85. The Labute approximate surface area is 100 Å². The van der Waals surface area contributed by atoms with E-state index in [4.69, 9.17) is 11.6 Å². The van der Waals surface area contributed by atoms with Gasteiger partial charge in [-0.1, -0.05) is 23.7 Å². The van der Waals surface area contributed by atoms with Crippen LogP contribution in [0.15, 0.2) is 36.0 Å². The molecule has 16 heavy (non-hydrogen) atoms. The molecule has 0 saturated carbocycles. The van der Waals surface area contributed by atoms with Crippen molar-refractivity contribution < 1.29 is 4.79 Å². The van der Waals surface area contributed by atoms with Crippen LogP contribution >= 0.6 is 11.6 Å². The number of hydrogen-bond acceptors (Lipinski definition) is 2. The lowest BCUT2D eigenvalue weighted by molar-refractivity contribution is -0.114. The molecule has 0 heterocycles. The Hall–Kier alpha value is -1.28. The zero-order chi connectivity index (χ0) is 11.5. The van der Waals surface area contributed by atoms with Crippen LogP contribution in [0.4, 0.5) is 0 Å². The van der Waals surface area contributed by atoms with Gasteiger partial charge in [0.05, 0.1) is 0 Å². The fraction of sp³-hybridized carbons (Fsp3) is 0.308. The van der Waals surface area contributed by atoms with Crippen LogP contribution in [0, 0.1) is 0 Å². The molecule has 1 atom stereocenters. The third-order valence-corrected chi connectivity index (χ3v) is 2.96. The normalized spacial score (nSPS) is 17.1. The first-order valence-electron chi connectivity index (χ1n) is 5.40. The number of hydrogen-bond donors (Lipinski definition) is 1. The smallest absolute Gasteiger partial charge is 0.157 e. The van der Waals surface area contributed by atoms with Gasteiger partial charge in [-0.05, 0) is 31.0 Å². The Morgan fingerprint density at radius 1 is 1.38 bits per heavy atom. The van der Waals surface area contributed by atoms with E-state index in [9.17, 15) is 4.79 Å². The molecule has 3 heteroatoms. The number of rotatable bonds is 3. The number of halogens is 1. The van der Waals surface area contributed by atoms with Crippen LogP contribution in [0.2, 0.25) is 5.02 Å². The molecule has 0 saturated heterocycles. The van der Waals surface area contributed by atoms with Crippen LogP contribution < -0.4 is 5.32 Å². The molecule has 1 aromatic carbocycles. The number of benzene rings is 1. The Kier molecular flexibility index (Phi) is 3.30. The summed E-state index contributed by atoms with van der Waals surface area (Å²) in [5.41, 5.74) is 2.16. The van der Waals surface area contributed by atoms with Crippen molar-refractivity contribution in [3.63, 3.8) is 0 Å². The third kappa shape index (κ3) is 2.64. The summed E-state index contributed by atoms with van der Waals surface area (Å²) >= 11 is 5.93. The van der Waals surface area contributed by atoms with E-state index in [1.54, 1.807) is 6.08 Å². The van der Waals surface area contributed by atoms with E-state index < -0.39 is 0 Å². The highest BCUT2D eigenvalue weighted by Crippen LogP contribution is 2.21. The minimum absolute atomic E-state index is 0.177. The molecule has 1 aliphatic carbocycles. The molecule has 0 aliphatic heterocycles. The summed E-state index contributed by atoms with van der Waals surface area (Å²) in [4.78, 5) is 11.1. The van der Waals surface area contributed by atoms with Gasteiger partial charge in [0.25, 0.3) is 0 Å². The van der Waals surface area contributed by atoms with Gasteiger partial charge in [-0.15, -0.1) is 0 Å². The largest absolute Gasteiger partial charge is 0.382 e. The summed E-state index contributed by atoms with van der Waals surface area (Å²) in [6, 6.07) is 7.94. The number of carbonyl (C=O) groups is 1. The molecule has 0 bridgehead atoms.